The van der Waals surface area contributed by atoms with Crippen LogP contribution in [0.2, 0.25) is 0 Å². The molecular weight excluding hydrogens is 190 g/mol. The standard InChI is InChI=1S/C8H11NOS2/c1-5-7(2)6(10)9-3-4-11-8(7,9)12-5/h5H,3-4H2,1-2H3/t5-,7+,8+/m1/s1. The molecule has 0 unspecified atom stereocenters. The maximum atomic E-state index is 11.7. The quantitative estimate of drug-likeness (QED) is 0.552. The minimum Gasteiger partial charge on any atom is -0.316 e. The number of hydrogen-bond acceptors (Lipinski definition) is 3. The molecule has 0 aromatic carbocycles. The van der Waals surface area contributed by atoms with E-state index in [-0.39, 0.29) is 9.62 Å². The molecule has 0 N–H and O–H groups in total. The maximum Gasteiger partial charge on any atom is 0.235 e. The predicted molar refractivity (Wildman–Crippen MR) is 52.1 cm³/mol. The van der Waals surface area contributed by atoms with Gasteiger partial charge in [0.25, 0.3) is 0 Å². The number of carbonyl (C=O) groups excluding carboxylic acids is 1. The van der Waals surface area contributed by atoms with Crippen molar-refractivity contribution < 1.29 is 4.79 Å². The summed E-state index contributed by atoms with van der Waals surface area (Å²) in [6.45, 7) is 5.27. The molecule has 3 heterocycles. The molecule has 3 fully saturated rings. The van der Waals surface area contributed by atoms with Crippen LogP contribution in [0.15, 0.2) is 0 Å². The van der Waals surface area contributed by atoms with Crippen LogP contribution >= 0.6 is 23.5 Å². The Morgan fingerprint density at radius 3 is 3.08 bits per heavy atom. The fraction of sp³-hybridized carbons (Fsp3) is 0.875. The Morgan fingerprint density at radius 1 is 1.67 bits per heavy atom. The highest BCUT2D eigenvalue weighted by atomic mass is 32.2. The Labute approximate surface area is 80.4 Å². The molecule has 66 valence electrons. The van der Waals surface area contributed by atoms with Crippen LogP contribution in [0.25, 0.3) is 0 Å². The maximum absolute atomic E-state index is 11.7. The molecule has 12 heavy (non-hydrogen) atoms. The molecule has 2 nitrogen and oxygen atoms in total. The van der Waals surface area contributed by atoms with Gasteiger partial charge in [0.2, 0.25) is 5.91 Å². The molecule has 3 saturated heterocycles. The Bertz CT molecular complexity index is 282. The third-order valence-corrected chi connectivity index (χ3v) is 7.32. The number of carbonyl (C=O) groups is 1. The summed E-state index contributed by atoms with van der Waals surface area (Å²) in [5.74, 6) is 1.51. The van der Waals surface area contributed by atoms with Crippen LogP contribution in [0, 0.1) is 5.41 Å². The summed E-state index contributed by atoms with van der Waals surface area (Å²) in [5.41, 5.74) is -0.0289. The normalized spacial score (nSPS) is 55.7. The smallest absolute Gasteiger partial charge is 0.235 e. The van der Waals surface area contributed by atoms with Crippen LogP contribution in [0.4, 0.5) is 0 Å². The van der Waals surface area contributed by atoms with Crippen molar-refractivity contribution in [2.24, 2.45) is 5.41 Å². The Hall–Kier alpha value is 0.170. The van der Waals surface area contributed by atoms with Crippen LogP contribution in [-0.4, -0.2) is 32.6 Å². The van der Waals surface area contributed by atoms with Crippen LogP contribution in [0.5, 0.6) is 0 Å². The zero-order valence-electron chi connectivity index (χ0n) is 7.16. The van der Waals surface area contributed by atoms with Crippen LogP contribution in [0.3, 0.4) is 0 Å². The fourth-order valence-corrected chi connectivity index (χ4v) is 6.56. The van der Waals surface area contributed by atoms with E-state index in [1.54, 1.807) is 0 Å². The molecule has 3 rings (SSSR count). The summed E-state index contributed by atoms with van der Waals surface area (Å²) in [5, 5.41) is 0.520. The van der Waals surface area contributed by atoms with E-state index in [0.717, 1.165) is 12.3 Å². The van der Waals surface area contributed by atoms with E-state index in [4.69, 9.17) is 0 Å². The summed E-state index contributed by atoms with van der Waals surface area (Å²) in [6, 6.07) is 0. The summed E-state index contributed by atoms with van der Waals surface area (Å²) < 4.78 is 0.170. The van der Waals surface area contributed by atoms with Gasteiger partial charge in [-0.2, -0.15) is 0 Å². The van der Waals surface area contributed by atoms with Gasteiger partial charge in [0.05, 0.1) is 0 Å². The van der Waals surface area contributed by atoms with Crippen molar-refractivity contribution in [3.05, 3.63) is 0 Å². The van der Waals surface area contributed by atoms with Gasteiger partial charge in [0.15, 0.2) is 4.20 Å². The topological polar surface area (TPSA) is 20.3 Å². The first-order valence-corrected chi connectivity index (χ1v) is 6.13. The molecule has 3 atom stereocenters. The van der Waals surface area contributed by atoms with Crippen molar-refractivity contribution in [1.29, 1.82) is 0 Å². The minimum absolute atomic E-state index is 0.0289. The van der Waals surface area contributed by atoms with Crippen LogP contribution in [-0.2, 0) is 4.79 Å². The molecule has 1 amide bonds. The lowest BCUT2D eigenvalue weighted by molar-refractivity contribution is -0.166. The van der Waals surface area contributed by atoms with Crippen molar-refractivity contribution in [2.75, 3.05) is 12.3 Å². The highest BCUT2D eigenvalue weighted by Crippen LogP contribution is 2.76. The zero-order valence-corrected chi connectivity index (χ0v) is 8.80. The lowest BCUT2D eigenvalue weighted by Gasteiger charge is -2.69. The van der Waals surface area contributed by atoms with E-state index >= 15 is 0 Å². The van der Waals surface area contributed by atoms with E-state index < -0.39 is 0 Å². The van der Waals surface area contributed by atoms with Crippen molar-refractivity contribution in [2.45, 2.75) is 23.3 Å². The van der Waals surface area contributed by atoms with Gasteiger partial charge < -0.3 is 4.90 Å². The number of rotatable bonds is 0. The first-order chi connectivity index (χ1) is 5.63. The summed E-state index contributed by atoms with van der Waals surface area (Å²) >= 11 is 3.93. The Balaban J connectivity index is 2.05. The minimum atomic E-state index is -0.0289. The molecule has 0 saturated carbocycles. The van der Waals surface area contributed by atoms with Crippen molar-refractivity contribution >= 4 is 29.4 Å². The largest absolute Gasteiger partial charge is 0.316 e. The number of amides is 1. The van der Waals surface area contributed by atoms with Gasteiger partial charge in [-0.15, -0.1) is 23.5 Å². The molecule has 1 spiro atoms. The van der Waals surface area contributed by atoms with Crippen LogP contribution in [0.1, 0.15) is 13.8 Å². The molecule has 0 aromatic heterocycles. The second-order valence-electron chi connectivity index (χ2n) is 3.85. The van der Waals surface area contributed by atoms with E-state index in [0.29, 0.717) is 11.2 Å². The van der Waals surface area contributed by atoms with Gasteiger partial charge in [0, 0.05) is 17.5 Å². The second-order valence-corrected chi connectivity index (χ2v) is 6.93. The fourth-order valence-electron chi connectivity index (χ4n) is 2.48. The van der Waals surface area contributed by atoms with Gasteiger partial charge in [-0.05, 0) is 6.92 Å². The number of hydrogen-bond donors (Lipinski definition) is 0. The van der Waals surface area contributed by atoms with E-state index in [9.17, 15) is 4.79 Å². The third kappa shape index (κ3) is 0.459. The molecule has 3 aliphatic heterocycles. The molecule has 0 aliphatic carbocycles. The molecule has 4 heteroatoms. The Morgan fingerprint density at radius 2 is 2.42 bits per heavy atom. The number of nitrogens with zero attached hydrogens (tertiary/aromatic N) is 1. The molecule has 0 radical (unpaired) electrons. The van der Waals surface area contributed by atoms with E-state index in [2.05, 4.69) is 18.7 Å². The summed E-state index contributed by atoms with van der Waals surface area (Å²) in [6.07, 6.45) is 0. The average molecular weight is 201 g/mol. The molecule has 0 aromatic rings. The van der Waals surface area contributed by atoms with Gasteiger partial charge >= 0.3 is 0 Å². The van der Waals surface area contributed by atoms with Crippen molar-refractivity contribution in [3.8, 4) is 0 Å². The van der Waals surface area contributed by atoms with Crippen molar-refractivity contribution in [3.63, 3.8) is 0 Å². The van der Waals surface area contributed by atoms with Gasteiger partial charge in [-0.1, -0.05) is 6.92 Å². The second kappa shape index (κ2) is 1.82. The average Bonchev–Trinajstić information content (AvgIpc) is 2.47. The number of β-lactam (4-membered cyclic amide) rings is 1. The third-order valence-electron chi connectivity index (χ3n) is 3.46. The van der Waals surface area contributed by atoms with Gasteiger partial charge in [-0.3, -0.25) is 4.79 Å². The monoisotopic (exact) mass is 201 g/mol. The van der Waals surface area contributed by atoms with Gasteiger partial charge in [0.1, 0.15) is 5.41 Å². The van der Waals surface area contributed by atoms with E-state index in [1.807, 2.05) is 23.5 Å². The molecule has 0 bridgehead atoms. The highest BCUT2D eigenvalue weighted by molar-refractivity contribution is 8.20. The molecule has 3 aliphatic rings. The lowest BCUT2D eigenvalue weighted by Crippen LogP contribution is -2.80. The number of thioether (sulfide) groups is 2. The van der Waals surface area contributed by atoms with Gasteiger partial charge in [-0.25, -0.2) is 0 Å². The van der Waals surface area contributed by atoms with Crippen molar-refractivity contribution in [1.82, 2.24) is 4.90 Å². The SMILES string of the molecule is C[C@H]1S[C@]23SCCN2C(=O)[C@]13C. The molecular formula is C8H11NOS2. The first-order valence-electron chi connectivity index (χ1n) is 4.27. The highest BCUT2D eigenvalue weighted by Gasteiger charge is 2.80. The lowest BCUT2D eigenvalue weighted by atomic mass is 9.75. The predicted octanol–water partition coefficient (Wildman–Crippen LogP) is 1.37. The Kier molecular flexibility index (Phi) is 1.15. The summed E-state index contributed by atoms with van der Waals surface area (Å²) in [4.78, 5) is 13.8. The van der Waals surface area contributed by atoms with E-state index in [1.165, 1.54) is 0 Å². The summed E-state index contributed by atoms with van der Waals surface area (Å²) in [7, 11) is 0. The zero-order chi connectivity index (χ0) is 8.56. The first kappa shape index (κ1) is 7.56. The van der Waals surface area contributed by atoms with Crippen LogP contribution < -0.4 is 0 Å².